The number of ether oxygens (including phenoxy) is 2. The lowest BCUT2D eigenvalue weighted by Gasteiger charge is -2.14. The van der Waals surface area contributed by atoms with E-state index in [4.69, 9.17) is 9.47 Å². The normalized spacial score (nSPS) is 15.7. The predicted octanol–water partition coefficient (Wildman–Crippen LogP) is 4.31. The number of thioether (sulfide) groups is 1. The molecule has 5 rings (SSSR count). The van der Waals surface area contributed by atoms with Gasteiger partial charge < -0.3 is 19.4 Å². The van der Waals surface area contributed by atoms with Gasteiger partial charge in [-0.15, -0.1) is 10.2 Å². The Morgan fingerprint density at radius 2 is 2.09 bits per heavy atom. The number of para-hydroxylation sites is 1. The molecule has 3 aromatic heterocycles. The van der Waals surface area contributed by atoms with Gasteiger partial charge in [0.05, 0.1) is 36.8 Å². The minimum atomic E-state index is -0.456. The molecule has 0 amide bonds. The molecule has 1 aliphatic heterocycles. The molecule has 0 aliphatic carbocycles. The van der Waals surface area contributed by atoms with Crippen LogP contribution in [0.4, 0.5) is 0 Å². The zero-order valence-electron chi connectivity index (χ0n) is 19.9. The second kappa shape index (κ2) is 9.71. The van der Waals surface area contributed by atoms with E-state index < -0.39 is 5.97 Å². The van der Waals surface area contributed by atoms with Crippen molar-refractivity contribution in [3.63, 3.8) is 0 Å². The molecule has 1 aliphatic rings. The molecule has 1 atom stereocenters. The molecule has 1 fully saturated rings. The average Bonchev–Trinajstić information content (AvgIpc) is 3.65. The van der Waals surface area contributed by atoms with Gasteiger partial charge in [0.15, 0.2) is 16.8 Å². The molecule has 1 saturated heterocycles. The highest BCUT2D eigenvalue weighted by Gasteiger charge is 2.26. The number of rotatable bonds is 8. The number of hydrogen-bond donors (Lipinski definition) is 2. The van der Waals surface area contributed by atoms with Gasteiger partial charge in [0.1, 0.15) is 0 Å². The predicted molar refractivity (Wildman–Crippen MR) is 133 cm³/mol. The highest BCUT2D eigenvalue weighted by atomic mass is 32.2. The fourth-order valence-corrected chi connectivity index (χ4v) is 5.47. The van der Waals surface area contributed by atoms with E-state index in [9.17, 15) is 9.59 Å². The van der Waals surface area contributed by atoms with Crippen LogP contribution in [0, 0.1) is 13.8 Å². The Hall–Kier alpha value is -3.37. The highest BCUT2D eigenvalue weighted by Crippen LogP contribution is 2.32. The summed E-state index contributed by atoms with van der Waals surface area (Å²) in [4.78, 5) is 31.5. The summed E-state index contributed by atoms with van der Waals surface area (Å²) >= 11 is 1.33. The van der Waals surface area contributed by atoms with E-state index in [1.165, 1.54) is 18.9 Å². The Bertz CT molecular complexity index is 1400. The lowest BCUT2D eigenvalue weighted by molar-refractivity contribution is 0.0599. The second-order valence-electron chi connectivity index (χ2n) is 8.63. The van der Waals surface area contributed by atoms with Crippen molar-refractivity contribution in [2.75, 3.05) is 19.5 Å². The minimum Gasteiger partial charge on any atom is -0.465 e. The summed E-state index contributed by atoms with van der Waals surface area (Å²) in [5.41, 5.74) is 4.02. The molecule has 9 nitrogen and oxygen atoms in total. The smallest absolute Gasteiger partial charge is 0.339 e. The molecule has 182 valence electrons. The van der Waals surface area contributed by atoms with E-state index in [1.54, 1.807) is 13.8 Å². The zero-order chi connectivity index (χ0) is 24.5. The van der Waals surface area contributed by atoms with E-state index in [0.717, 1.165) is 41.7 Å². The number of esters is 1. The third kappa shape index (κ3) is 4.39. The Balaban J connectivity index is 1.43. The Morgan fingerprint density at radius 3 is 2.86 bits per heavy atom. The monoisotopic (exact) mass is 493 g/mol. The van der Waals surface area contributed by atoms with Gasteiger partial charge in [0.2, 0.25) is 0 Å². The fourth-order valence-electron chi connectivity index (χ4n) is 4.65. The quantitative estimate of drug-likeness (QED) is 0.213. The molecule has 1 aromatic carbocycles. The minimum absolute atomic E-state index is 0.0842. The van der Waals surface area contributed by atoms with Gasteiger partial charge >= 0.3 is 5.97 Å². The number of carbonyl (C=O) groups excluding carboxylic acids is 2. The van der Waals surface area contributed by atoms with Crippen molar-refractivity contribution in [2.45, 2.75) is 44.5 Å². The van der Waals surface area contributed by atoms with Gasteiger partial charge in [-0.1, -0.05) is 30.0 Å². The second-order valence-corrected chi connectivity index (χ2v) is 9.57. The van der Waals surface area contributed by atoms with Crippen LogP contribution in [0.15, 0.2) is 35.6 Å². The number of nitrogens with zero attached hydrogens (tertiary/aromatic N) is 3. The number of aromatic nitrogens is 5. The largest absolute Gasteiger partial charge is 0.465 e. The Morgan fingerprint density at radius 1 is 1.26 bits per heavy atom. The molecule has 10 heteroatoms. The SMILES string of the molecule is COC(=O)c1c(C)[nH]c(C(=O)CSc2nnc(-c3c[nH]c4ccccc34)n2CC2CCCO2)c1C. The van der Waals surface area contributed by atoms with Crippen molar-refractivity contribution in [3.8, 4) is 11.4 Å². The van der Waals surface area contributed by atoms with E-state index in [1.807, 2.05) is 24.4 Å². The summed E-state index contributed by atoms with van der Waals surface area (Å²) in [5, 5.41) is 10.7. The first-order chi connectivity index (χ1) is 17.0. The molecule has 0 spiro atoms. The summed E-state index contributed by atoms with van der Waals surface area (Å²) in [6, 6.07) is 8.07. The van der Waals surface area contributed by atoms with Crippen LogP contribution < -0.4 is 0 Å². The third-order valence-electron chi connectivity index (χ3n) is 6.40. The van der Waals surface area contributed by atoms with Gasteiger partial charge in [0, 0.05) is 35.0 Å². The number of aromatic amines is 2. The number of hydrogen-bond acceptors (Lipinski definition) is 7. The molecule has 0 saturated carbocycles. The number of methoxy groups -OCH3 is 1. The standard InChI is InChI=1S/C25H27N5O4S/c1-14-21(24(32)33-3)15(2)27-22(14)20(31)13-35-25-29-28-23(30(25)12-16-7-6-10-34-16)18-11-26-19-9-5-4-8-17(18)19/h4-5,8-9,11,16,26-27H,6-7,10,12-13H2,1-3H3. The molecule has 2 N–H and O–H groups in total. The number of nitrogens with one attached hydrogen (secondary N) is 2. The van der Waals surface area contributed by atoms with Crippen molar-refractivity contribution in [3.05, 3.63) is 53.0 Å². The van der Waals surface area contributed by atoms with Crippen LogP contribution in [0.1, 0.15) is 44.9 Å². The van der Waals surface area contributed by atoms with Crippen LogP contribution in [-0.4, -0.2) is 62.1 Å². The molecule has 4 aromatic rings. The summed E-state index contributed by atoms with van der Waals surface area (Å²) < 4.78 is 12.8. The molecule has 0 bridgehead atoms. The van der Waals surface area contributed by atoms with Crippen molar-refractivity contribution >= 4 is 34.4 Å². The van der Waals surface area contributed by atoms with E-state index in [2.05, 4.69) is 30.8 Å². The Kier molecular flexibility index (Phi) is 6.48. The number of ketones is 1. The maximum absolute atomic E-state index is 13.1. The molecular formula is C25H27N5O4S. The van der Waals surface area contributed by atoms with Gasteiger partial charge in [-0.2, -0.15) is 0 Å². The van der Waals surface area contributed by atoms with Crippen molar-refractivity contribution in [1.29, 1.82) is 0 Å². The van der Waals surface area contributed by atoms with E-state index >= 15 is 0 Å². The van der Waals surface area contributed by atoms with E-state index in [-0.39, 0.29) is 17.6 Å². The number of H-pyrrole nitrogens is 2. The maximum Gasteiger partial charge on any atom is 0.339 e. The highest BCUT2D eigenvalue weighted by molar-refractivity contribution is 7.99. The fraction of sp³-hybridized carbons (Fsp3) is 0.360. The molecule has 1 unspecified atom stereocenters. The number of Topliss-reactive ketones (excluding diaryl/α,β-unsaturated/α-hetero) is 1. The third-order valence-corrected chi connectivity index (χ3v) is 7.36. The number of fused-ring (bicyclic) bond motifs is 1. The number of aryl methyl sites for hydroxylation is 1. The first-order valence-corrected chi connectivity index (χ1v) is 12.5. The maximum atomic E-state index is 13.1. The van der Waals surface area contributed by atoms with Crippen molar-refractivity contribution < 1.29 is 19.1 Å². The van der Waals surface area contributed by atoms with Crippen LogP contribution in [0.5, 0.6) is 0 Å². The Labute approximate surface area is 206 Å². The zero-order valence-corrected chi connectivity index (χ0v) is 20.7. The lowest BCUT2D eigenvalue weighted by Crippen LogP contribution is -2.17. The average molecular weight is 494 g/mol. The van der Waals surface area contributed by atoms with Crippen LogP contribution in [0.2, 0.25) is 0 Å². The topological polar surface area (TPSA) is 115 Å². The van der Waals surface area contributed by atoms with Crippen LogP contribution in [-0.2, 0) is 16.0 Å². The summed E-state index contributed by atoms with van der Waals surface area (Å²) in [6.07, 6.45) is 4.04. The van der Waals surface area contributed by atoms with Gasteiger partial charge in [-0.3, -0.25) is 9.36 Å². The van der Waals surface area contributed by atoms with Crippen LogP contribution in [0.25, 0.3) is 22.3 Å². The van der Waals surface area contributed by atoms with Gasteiger partial charge in [0.25, 0.3) is 0 Å². The number of carbonyl (C=O) groups is 2. The van der Waals surface area contributed by atoms with Crippen LogP contribution >= 0.6 is 11.8 Å². The summed E-state index contributed by atoms with van der Waals surface area (Å²) in [5.74, 6) is 0.320. The van der Waals surface area contributed by atoms with E-state index in [0.29, 0.717) is 34.2 Å². The van der Waals surface area contributed by atoms with Crippen LogP contribution in [0.3, 0.4) is 0 Å². The number of benzene rings is 1. The molecular weight excluding hydrogens is 466 g/mol. The summed E-state index contributed by atoms with van der Waals surface area (Å²) in [6.45, 7) is 4.88. The molecule has 35 heavy (non-hydrogen) atoms. The van der Waals surface area contributed by atoms with Gasteiger partial charge in [-0.05, 0) is 38.3 Å². The van der Waals surface area contributed by atoms with Crippen molar-refractivity contribution in [1.82, 2.24) is 24.7 Å². The first-order valence-electron chi connectivity index (χ1n) is 11.5. The van der Waals surface area contributed by atoms with Gasteiger partial charge in [-0.25, -0.2) is 4.79 Å². The molecule has 0 radical (unpaired) electrons. The lowest BCUT2D eigenvalue weighted by atomic mass is 10.1. The van der Waals surface area contributed by atoms with Crippen molar-refractivity contribution in [2.24, 2.45) is 0 Å². The first kappa shape index (κ1) is 23.4. The summed E-state index contributed by atoms with van der Waals surface area (Å²) in [7, 11) is 1.33. The molecule has 4 heterocycles.